The van der Waals surface area contributed by atoms with Gasteiger partial charge in [-0.3, -0.25) is 0 Å². The summed E-state index contributed by atoms with van der Waals surface area (Å²) in [5.41, 5.74) is 11.1. The number of rotatable bonds is 4. The van der Waals surface area contributed by atoms with Crippen molar-refractivity contribution in [3.63, 3.8) is 0 Å². The number of nitrogens with two attached hydrogens (primary N) is 1. The van der Waals surface area contributed by atoms with Crippen molar-refractivity contribution >= 4 is 11.3 Å². The molecule has 4 heteroatoms. The molecule has 1 heterocycles. The second kappa shape index (κ2) is 5.82. The molecule has 0 fully saturated rings. The summed E-state index contributed by atoms with van der Waals surface area (Å²) in [6.07, 6.45) is -0.518. The fourth-order valence-electron chi connectivity index (χ4n) is 2.05. The third kappa shape index (κ3) is 3.03. The van der Waals surface area contributed by atoms with Gasteiger partial charge in [-0.25, -0.2) is 4.98 Å². The van der Waals surface area contributed by atoms with Crippen LogP contribution < -0.4 is 5.73 Å². The second-order valence-electron chi connectivity index (χ2n) is 5.15. The van der Waals surface area contributed by atoms with E-state index in [0.29, 0.717) is 0 Å². The van der Waals surface area contributed by atoms with Crippen molar-refractivity contribution in [3.8, 4) is 10.4 Å². The van der Waals surface area contributed by atoms with Crippen LogP contribution in [0.2, 0.25) is 0 Å². The summed E-state index contributed by atoms with van der Waals surface area (Å²) in [5, 5.41) is 10.0. The Kier molecular flexibility index (Phi) is 4.34. The Morgan fingerprint density at radius 1 is 1.21 bits per heavy atom. The lowest BCUT2D eigenvalue weighted by Gasteiger charge is -2.22. The summed E-state index contributed by atoms with van der Waals surface area (Å²) in [4.78, 5) is 5.44. The molecule has 0 saturated heterocycles. The van der Waals surface area contributed by atoms with Gasteiger partial charge in [-0.05, 0) is 24.0 Å². The zero-order valence-corrected chi connectivity index (χ0v) is 12.3. The molecule has 0 aliphatic heterocycles. The quantitative estimate of drug-likeness (QED) is 0.902. The molecule has 3 nitrogen and oxygen atoms in total. The Morgan fingerprint density at radius 3 is 2.32 bits per heavy atom. The van der Waals surface area contributed by atoms with E-state index in [4.69, 9.17) is 5.73 Å². The van der Waals surface area contributed by atoms with Gasteiger partial charge in [0.05, 0.1) is 28.2 Å². The van der Waals surface area contributed by atoms with Gasteiger partial charge in [-0.1, -0.05) is 38.1 Å². The average Bonchev–Trinajstić information content (AvgIpc) is 2.83. The van der Waals surface area contributed by atoms with E-state index in [9.17, 15) is 5.11 Å². The highest BCUT2D eigenvalue weighted by atomic mass is 32.1. The lowest BCUT2D eigenvalue weighted by atomic mass is 9.94. The number of hydrogen-bond acceptors (Lipinski definition) is 4. The SMILES string of the molecule is Cc1ncsc1-c1ccc([C@@H](N)[C@H](O)C(C)C)cc1. The van der Waals surface area contributed by atoms with E-state index in [1.54, 1.807) is 11.3 Å². The molecule has 0 amide bonds. The lowest BCUT2D eigenvalue weighted by molar-refractivity contribution is 0.0979. The summed E-state index contributed by atoms with van der Waals surface area (Å²) in [7, 11) is 0. The summed E-state index contributed by atoms with van der Waals surface area (Å²) in [6.45, 7) is 5.95. The Balaban J connectivity index is 2.22. The summed E-state index contributed by atoms with van der Waals surface area (Å²) in [6, 6.07) is 7.73. The lowest BCUT2D eigenvalue weighted by Crippen LogP contribution is -2.30. The van der Waals surface area contributed by atoms with Gasteiger partial charge in [-0.2, -0.15) is 0 Å². The van der Waals surface area contributed by atoms with E-state index in [-0.39, 0.29) is 12.0 Å². The van der Waals surface area contributed by atoms with Crippen molar-refractivity contribution in [2.24, 2.45) is 11.7 Å². The fraction of sp³-hybridized carbons (Fsp3) is 0.400. The van der Waals surface area contributed by atoms with Crippen LogP contribution in [0.15, 0.2) is 29.8 Å². The van der Waals surface area contributed by atoms with Gasteiger partial charge in [0.15, 0.2) is 0 Å². The van der Waals surface area contributed by atoms with Crippen LogP contribution >= 0.6 is 11.3 Å². The van der Waals surface area contributed by atoms with Gasteiger partial charge in [-0.15, -0.1) is 11.3 Å². The predicted octanol–water partition coefficient (Wildman–Crippen LogP) is 3.14. The number of hydrogen-bond donors (Lipinski definition) is 2. The van der Waals surface area contributed by atoms with Crippen LogP contribution in [0.3, 0.4) is 0 Å². The first kappa shape index (κ1) is 14.2. The highest BCUT2D eigenvalue weighted by molar-refractivity contribution is 7.13. The molecule has 2 atom stereocenters. The van der Waals surface area contributed by atoms with Crippen molar-refractivity contribution in [3.05, 3.63) is 41.0 Å². The number of benzene rings is 1. The van der Waals surface area contributed by atoms with Gasteiger partial charge < -0.3 is 10.8 Å². The summed E-state index contributed by atoms with van der Waals surface area (Å²) >= 11 is 1.64. The molecule has 0 spiro atoms. The molecule has 2 aromatic rings. The molecule has 1 aromatic heterocycles. The van der Waals surface area contributed by atoms with Gasteiger partial charge in [0.2, 0.25) is 0 Å². The van der Waals surface area contributed by atoms with E-state index >= 15 is 0 Å². The number of aromatic nitrogens is 1. The maximum Gasteiger partial charge on any atom is 0.0801 e. The van der Waals surface area contributed by atoms with E-state index < -0.39 is 6.10 Å². The highest BCUT2D eigenvalue weighted by Gasteiger charge is 2.20. The first-order valence-electron chi connectivity index (χ1n) is 6.44. The number of aliphatic hydroxyl groups excluding tert-OH is 1. The Labute approximate surface area is 118 Å². The number of nitrogens with zero attached hydrogens (tertiary/aromatic N) is 1. The monoisotopic (exact) mass is 276 g/mol. The van der Waals surface area contributed by atoms with Crippen LogP contribution in [0.4, 0.5) is 0 Å². The van der Waals surface area contributed by atoms with Crippen molar-refractivity contribution < 1.29 is 5.11 Å². The van der Waals surface area contributed by atoms with Crippen LogP contribution in [0, 0.1) is 12.8 Å². The molecule has 102 valence electrons. The van der Waals surface area contributed by atoms with Gasteiger partial charge in [0.25, 0.3) is 0 Å². The van der Waals surface area contributed by atoms with Crippen molar-refractivity contribution in [2.75, 3.05) is 0 Å². The molecule has 0 unspecified atom stereocenters. The van der Waals surface area contributed by atoms with E-state index in [0.717, 1.165) is 16.8 Å². The molecule has 0 radical (unpaired) electrons. The molecule has 0 saturated carbocycles. The Bertz CT molecular complexity index is 533. The van der Waals surface area contributed by atoms with Crippen molar-refractivity contribution in [1.82, 2.24) is 4.98 Å². The largest absolute Gasteiger partial charge is 0.391 e. The molecular weight excluding hydrogens is 256 g/mol. The molecule has 1 aromatic carbocycles. The normalized spacial score (nSPS) is 14.6. The molecule has 0 aliphatic carbocycles. The standard InChI is InChI=1S/C15H20N2OS/c1-9(2)14(18)13(16)11-4-6-12(7-5-11)15-10(3)17-8-19-15/h4-9,13-14,18H,16H2,1-3H3/t13-,14-/m1/s1. The van der Waals surface area contributed by atoms with Crippen LogP contribution in [0.5, 0.6) is 0 Å². The first-order valence-corrected chi connectivity index (χ1v) is 7.32. The average molecular weight is 276 g/mol. The maximum absolute atomic E-state index is 10.0. The van der Waals surface area contributed by atoms with Gasteiger partial charge in [0.1, 0.15) is 0 Å². The molecular formula is C15H20N2OS. The fourth-order valence-corrected chi connectivity index (χ4v) is 2.86. The van der Waals surface area contributed by atoms with E-state index in [2.05, 4.69) is 4.98 Å². The van der Waals surface area contributed by atoms with E-state index in [1.807, 2.05) is 50.5 Å². The summed E-state index contributed by atoms with van der Waals surface area (Å²) < 4.78 is 0. The highest BCUT2D eigenvalue weighted by Crippen LogP contribution is 2.28. The zero-order chi connectivity index (χ0) is 14.0. The molecule has 2 rings (SSSR count). The molecule has 19 heavy (non-hydrogen) atoms. The minimum absolute atomic E-state index is 0.151. The van der Waals surface area contributed by atoms with Crippen LogP contribution in [-0.4, -0.2) is 16.2 Å². The van der Waals surface area contributed by atoms with Crippen molar-refractivity contribution in [1.29, 1.82) is 0 Å². The number of aliphatic hydroxyl groups is 1. The topological polar surface area (TPSA) is 59.1 Å². The third-order valence-corrected chi connectivity index (χ3v) is 4.33. The predicted molar refractivity (Wildman–Crippen MR) is 80.1 cm³/mol. The number of aryl methyl sites for hydroxylation is 1. The maximum atomic E-state index is 10.0. The first-order chi connectivity index (χ1) is 9.00. The zero-order valence-electron chi connectivity index (χ0n) is 11.5. The Morgan fingerprint density at radius 2 is 1.84 bits per heavy atom. The third-order valence-electron chi connectivity index (χ3n) is 3.35. The van der Waals surface area contributed by atoms with Crippen LogP contribution in [-0.2, 0) is 0 Å². The molecule has 3 N–H and O–H groups in total. The minimum Gasteiger partial charge on any atom is -0.391 e. The van der Waals surface area contributed by atoms with Crippen LogP contribution in [0.1, 0.15) is 31.1 Å². The second-order valence-corrected chi connectivity index (χ2v) is 6.00. The van der Waals surface area contributed by atoms with E-state index in [1.165, 1.54) is 4.88 Å². The molecule has 0 bridgehead atoms. The van der Waals surface area contributed by atoms with Gasteiger partial charge >= 0.3 is 0 Å². The smallest absolute Gasteiger partial charge is 0.0801 e. The Hall–Kier alpha value is -1.23. The number of thiazole rings is 1. The minimum atomic E-state index is -0.518. The summed E-state index contributed by atoms with van der Waals surface area (Å²) in [5.74, 6) is 0.151. The molecule has 0 aliphatic rings. The van der Waals surface area contributed by atoms with Crippen molar-refractivity contribution in [2.45, 2.75) is 32.9 Å². The van der Waals surface area contributed by atoms with Crippen LogP contribution in [0.25, 0.3) is 10.4 Å². The van der Waals surface area contributed by atoms with Gasteiger partial charge in [0, 0.05) is 0 Å².